The van der Waals surface area contributed by atoms with Gasteiger partial charge in [0.25, 0.3) is 0 Å². The van der Waals surface area contributed by atoms with Gasteiger partial charge in [0, 0.05) is 5.69 Å². The molecule has 2 heterocycles. The number of likely N-dealkylation sites (tertiary alicyclic amines) is 1. The highest BCUT2D eigenvalue weighted by molar-refractivity contribution is 5.76. The number of nitrogens with two attached hydrogens (primary N) is 1. The van der Waals surface area contributed by atoms with Crippen LogP contribution in [0.2, 0.25) is 0 Å². The zero-order valence-electron chi connectivity index (χ0n) is 12.1. The SMILES string of the molecule is CCC1CCCN(Cc2nc3cc(N)ccc3o2)CC1. The van der Waals surface area contributed by atoms with Gasteiger partial charge in [-0.3, -0.25) is 4.90 Å². The minimum Gasteiger partial charge on any atom is -0.439 e. The van der Waals surface area contributed by atoms with Gasteiger partial charge >= 0.3 is 0 Å². The highest BCUT2D eigenvalue weighted by Gasteiger charge is 2.17. The van der Waals surface area contributed by atoms with E-state index in [1.54, 1.807) is 0 Å². The fraction of sp³-hybridized carbons (Fsp3) is 0.562. The number of hydrogen-bond acceptors (Lipinski definition) is 4. The minimum absolute atomic E-state index is 0.734. The molecule has 108 valence electrons. The second-order valence-corrected chi connectivity index (χ2v) is 5.82. The Labute approximate surface area is 120 Å². The van der Waals surface area contributed by atoms with E-state index < -0.39 is 0 Å². The first kappa shape index (κ1) is 13.4. The molecule has 1 fully saturated rings. The number of benzene rings is 1. The van der Waals surface area contributed by atoms with Gasteiger partial charge in [0.05, 0.1) is 6.54 Å². The van der Waals surface area contributed by atoms with Crippen LogP contribution in [0.25, 0.3) is 11.1 Å². The number of rotatable bonds is 3. The van der Waals surface area contributed by atoms with Gasteiger partial charge in [-0.1, -0.05) is 13.3 Å². The molecule has 3 rings (SSSR count). The normalized spacial score (nSPS) is 21.1. The summed E-state index contributed by atoms with van der Waals surface area (Å²) < 4.78 is 5.81. The summed E-state index contributed by atoms with van der Waals surface area (Å²) >= 11 is 0. The average molecular weight is 273 g/mol. The first-order valence-electron chi connectivity index (χ1n) is 7.62. The maximum absolute atomic E-state index is 5.81. The summed E-state index contributed by atoms with van der Waals surface area (Å²) in [6.45, 7) is 5.41. The number of nitrogen functional groups attached to an aromatic ring is 1. The predicted octanol–water partition coefficient (Wildman–Crippen LogP) is 3.42. The molecule has 1 aromatic heterocycles. The Morgan fingerprint density at radius 1 is 1.35 bits per heavy atom. The van der Waals surface area contributed by atoms with E-state index in [2.05, 4.69) is 16.8 Å². The highest BCUT2D eigenvalue weighted by Crippen LogP contribution is 2.23. The van der Waals surface area contributed by atoms with Crippen LogP contribution in [-0.4, -0.2) is 23.0 Å². The van der Waals surface area contributed by atoms with Gasteiger partial charge in [-0.15, -0.1) is 0 Å². The molecule has 20 heavy (non-hydrogen) atoms. The van der Waals surface area contributed by atoms with Crippen molar-refractivity contribution in [2.45, 2.75) is 39.2 Å². The Hall–Kier alpha value is -1.55. The Morgan fingerprint density at radius 2 is 2.25 bits per heavy atom. The van der Waals surface area contributed by atoms with Crippen molar-refractivity contribution in [3.05, 3.63) is 24.1 Å². The van der Waals surface area contributed by atoms with E-state index in [1.165, 1.54) is 25.7 Å². The molecule has 4 nitrogen and oxygen atoms in total. The van der Waals surface area contributed by atoms with Gasteiger partial charge < -0.3 is 10.2 Å². The van der Waals surface area contributed by atoms with Gasteiger partial charge in [0.2, 0.25) is 5.89 Å². The maximum atomic E-state index is 5.81. The highest BCUT2D eigenvalue weighted by atomic mass is 16.3. The van der Waals surface area contributed by atoms with E-state index >= 15 is 0 Å². The van der Waals surface area contributed by atoms with E-state index in [0.29, 0.717) is 0 Å². The lowest BCUT2D eigenvalue weighted by molar-refractivity contribution is 0.247. The molecule has 2 aromatic rings. The van der Waals surface area contributed by atoms with Gasteiger partial charge in [-0.2, -0.15) is 0 Å². The zero-order valence-corrected chi connectivity index (χ0v) is 12.1. The number of fused-ring (bicyclic) bond motifs is 1. The average Bonchev–Trinajstić information content (AvgIpc) is 2.68. The maximum Gasteiger partial charge on any atom is 0.209 e. The molecule has 1 aromatic carbocycles. The standard InChI is InChI=1S/C16H23N3O/c1-2-12-4-3-8-19(9-7-12)11-16-18-14-10-13(17)5-6-15(14)20-16/h5-6,10,12H,2-4,7-9,11,17H2,1H3. The molecule has 0 aliphatic carbocycles. The molecule has 0 saturated carbocycles. The van der Waals surface area contributed by atoms with Crippen molar-refractivity contribution < 1.29 is 4.42 Å². The van der Waals surface area contributed by atoms with Crippen LogP contribution in [-0.2, 0) is 6.54 Å². The molecule has 2 N–H and O–H groups in total. The Kier molecular flexibility index (Phi) is 3.92. The van der Waals surface area contributed by atoms with Crippen molar-refractivity contribution in [3.8, 4) is 0 Å². The second-order valence-electron chi connectivity index (χ2n) is 5.82. The number of nitrogens with zero attached hydrogens (tertiary/aromatic N) is 2. The van der Waals surface area contributed by atoms with Crippen LogP contribution in [0.4, 0.5) is 5.69 Å². The lowest BCUT2D eigenvalue weighted by atomic mass is 9.98. The predicted molar refractivity (Wildman–Crippen MR) is 81.3 cm³/mol. The number of anilines is 1. The van der Waals surface area contributed by atoms with Crippen LogP contribution in [0, 0.1) is 5.92 Å². The Morgan fingerprint density at radius 3 is 3.10 bits per heavy atom. The van der Waals surface area contributed by atoms with Gasteiger partial charge in [-0.05, 0) is 56.5 Å². The van der Waals surface area contributed by atoms with E-state index in [4.69, 9.17) is 10.2 Å². The lowest BCUT2D eigenvalue weighted by Gasteiger charge is -2.17. The third kappa shape index (κ3) is 2.96. The van der Waals surface area contributed by atoms with Gasteiger partial charge in [0.1, 0.15) is 5.52 Å². The Balaban J connectivity index is 1.69. The number of oxazole rings is 1. The third-order valence-electron chi connectivity index (χ3n) is 4.33. The van der Waals surface area contributed by atoms with E-state index in [0.717, 1.165) is 48.2 Å². The van der Waals surface area contributed by atoms with E-state index in [9.17, 15) is 0 Å². The van der Waals surface area contributed by atoms with Crippen LogP contribution in [0.1, 0.15) is 38.5 Å². The molecular formula is C16H23N3O. The number of aromatic nitrogens is 1. The van der Waals surface area contributed by atoms with Crippen molar-refractivity contribution in [2.24, 2.45) is 5.92 Å². The van der Waals surface area contributed by atoms with Crippen molar-refractivity contribution >= 4 is 16.8 Å². The summed E-state index contributed by atoms with van der Waals surface area (Å²) in [6, 6.07) is 5.63. The quantitative estimate of drug-likeness (QED) is 0.871. The third-order valence-corrected chi connectivity index (χ3v) is 4.33. The molecule has 1 unspecified atom stereocenters. The second kappa shape index (κ2) is 5.83. The lowest BCUT2D eigenvalue weighted by Crippen LogP contribution is -2.24. The summed E-state index contributed by atoms with van der Waals surface area (Å²) in [7, 11) is 0. The monoisotopic (exact) mass is 273 g/mol. The summed E-state index contributed by atoms with van der Waals surface area (Å²) in [5.41, 5.74) is 8.20. The van der Waals surface area contributed by atoms with Crippen molar-refractivity contribution in [1.29, 1.82) is 0 Å². The van der Waals surface area contributed by atoms with Crippen LogP contribution in [0.3, 0.4) is 0 Å². The fourth-order valence-electron chi connectivity index (χ4n) is 3.04. The molecule has 0 amide bonds. The van der Waals surface area contributed by atoms with Crippen LogP contribution in [0.15, 0.2) is 22.6 Å². The van der Waals surface area contributed by atoms with E-state index in [-0.39, 0.29) is 0 Å². The topological polar surface area (TPSA) is 55.3 Å². The molecule has 1 aliphatic heterocycles. The largest absolute Gasteiger partial charge is 0.439 e. The molecule has 1 saturated heterocycles. The van der Waals surface area contributed by atoms with Gasteiger partial charge in [0.15, 0.2) is 5.58 Å². The molecule has 0 radical (unpaired) electrons. The summed E-state index contributed by atoms with van der Waals surface area (Å²) in [5.74, 6) is 1.70. The molecule has 4 heteroatoms. The first-order chi connectivity index (χ1) is 9.74. The molecule has 0 spiro atoms. The zero-order chi connectivity index (χ0) is 13.9. The molecule has 0 bridgehead atoms. The minimum atomic E-state index is 0.734. The van der Waals surface area contributed by atoms with Crippen molar-refractivity contribution in [1.82, 2.24) is 9.88 Å². The Bertz CT molecular complexity index is 578. The van der Waals surface area contributed by atoms with Crippen LogP contribution in [0.5, 0.6) is 0 Å². The van der Waals surface area contributed by atoms with Crippen molar-refractivity contribution in [3.63, 3.8) is 0 Å². The molecule has 1 atom stereocenters. The summed E-state index contributed by atoms with van der Waals surface area (Å²) in [5, 5.41) is 0. The number of hydrogen-bond donors (Lipinski definition) is 1. The van der Waals surface area contributed by atoms with Crippen molar-refractivity contribution in [2.75, 3.05) is 18.8 Å². The summed E-state index contributed by atoms with van der Waals surface area (Å²) in [4.78, 5) is 7.01. The molecule has 1 aliphatic rings. The summed E-state index contributed by atoms with van der Waals surface area (Å²) in [6.07, 6.45) is 5.24. The molecular weight excluding hydrogens is 250 g/mol. The first-order valence-corrected chi connectivity index (χ1v) is 7.62. The van der Waals surface area contributed by atoms with Crippen LogP contribution < -0.4 is 5.73 Å². The van der Waals surface area contributed by atoms with E-state index in [1.807, 2.05) is 18.2 Å². The smallest absolute Gasteiger partial charge is 0.209 e. The fourth-order valence-corrected chi connectivity index (χ4v) is 3.04. The van der Waals surface area contributed by atoms with Crippen LogP contribution >= 0.6 is 0 Å². The van der Waals surface area contributed by atoms with Gasteiger partial charge in [-0.25, -0.2) is 4.98 Å².